The Hall–Kier alpha value is -2.27. The van der Waals surface area contributed by atoms with Crippen LogP contribution in [0.15, 0.2) is 42.6 Å². The van der Waals surface area contributed by atoms with Crippen LogP contribution in [-0.4, -0.2) is 41.6 Å². The van der Waals surface area contributed by atoms with Crippen molar-refractivity contribution in [2.45, 2.75) is 38.6 Å². The van der Waals surface area contributed by atoms with Gasteiger partial charge in [0.2, 0.25) is 0 Å². The number of likely N-dealkylation sites (tertiary alicyclic amines) is 1. The Morgan fingerprint density at radius 1 is 1.11 bits per heavy atom. The summed E-state index contributed by atoms with van der Waals surface area (Å²) in [7, 11) is 2.07. The predicted octanol–water partition coefficient (Wildman–Crippen LogP) is 3.45. The van der Waals surface area contributed by atoms with Crippen molar-refractivity contribution < 1.29 is 9.53 Å². The van der Waals surface area contributed by atoms with Crippen LogP contribution in [0.1, 0.15) is 43.0 Å². The molecular formula is C22H31N3O2. The van der Waals surface area contributed by atoms with E-state index < -0.39 is 0 Å². The van der Waals surface area contributed by atoms with E-state index in [9.17, 15) is 4.79 Å². The molecule has 1 aliphatic rings. The van der Waals surface area contributed by atoms with Crippen LogP contribution in [0.4, 0.5) is 0 Å². The zero-order valence-corrected chi connectivity index (χ0v) is 16.5. The maximum Gasteiger partial charge on any atom is 0.258 e. The number of benzene rings is 1. The fourth-order valence-corrected chi connectivity index (χ4v) is 3.69. The minimum absolute atomic E-state index is 0.0446. The number of nitrogens with one attached hydrogen (secondary N) is 1. The van der Waals surface area contributed by atoms with Gasteiger partial charge in [0, 0.05) is 25.5 Å². The Morgan fingerprint density at radius 2 is 1.81 bits per heavy atom. The maximum atomic E-state index is 12.3. The van der Waals surface area contributed by atoms with Gasteiger partial charge in [-0.15, -0.1) is 0 Å². The largest absolute Gasteiger partial charge is 0.484 e. The van der Waals surface area contributed by atoms with Gasteiger partial charge in [-0.2, -0.15) is 0 Å². The monoisotopic (exact) mass is 369 g/mol. The molecule has 1 atom stereocenters. The summed E-state index contributed by atoms with van der Waals surface area (Å²) < 4.78 is 7.76. The summed E-state index contributed by atoms with van der Waals surface area (Å²) in [6.45, 7) is 4.86. The highest BCUT2D eigenvalue weighted by Gasteiger charge is 2.24. The molecule has 1 amide bonds. The van der Waals surface area contributed by atoms with E-state index in [1.165, 1.54) is 36.9 Å². The second-order valence-electron chi connectivity index (χ2n) is 7.42. The molecule has 1 fully saturated rings. The van der Waals surface area contributed by atoms with Gasteiger partial charge < -0.3 is 14.6 Å². The van der Waals surface area contributed by atoms with Crippen molar-refractivity contribution in [2.24, 2.45) is 7.05 Å². The first kappa shape index (κ1) is 19.5. The van der Waals surface area contributed by atoms with Gasteiger partial charge >= 0.3 is 0 Å². The molecule has 1 saturated heterocycles. The molecule has 0 spiro atoms. The number of carbonyl (C=O) groups is 1. The fourth-order valence-electron chi connectivity index (χ4n) is 3.69. The highest BCUT2D eigenvalue weighted by atomic mass is 16.5. The number of nitrogens with zero attached hydrogens (tertiary/aromatic N) is 2. The maximum absolute atomic E-state index is 12.3. The zero-order valence-electron chi connectivity index (χ0n) is 16.5. The van der Waals surface area contributed by atoms with E-state index in [-0.39, 0.29) is 18.6 Å². The average molecular weight is 370 g/mol. The van der Waals surface area contributed by atoms with Gasteiger partial charge in [0.15, 0.2) is 6.61 Å². The number of ether oxygens (including phenoxy) is 1. The lowest BCUT2D eigenvalue weighted by Crippen LogP contribution is -2.40. The first-order chi connectivity index (χ1) is 13.1. The normalized spacial score (nSPS) is 16.5. The van der Waals surface area contributed by atoms with E-state index in [4.69, 9.17) is 4.74 Å². The molecule has 1 aliphatic heterocycles. The molecule has 27 heavy (non-hydrogen) atoms. The summed E-state index contributed by atoms with van der Waals surface area (Å²) in [6, 6.07) is 12.2. The Balaban J connectivity index is 1.57. The molecule has 0 aliphatic carbocycles. The molecule has 1 unspecified atom stereocenters. The van der Waals surface area contributed by atoms with Crippen LogP contribution in [0.5, 0.6) is 5.75 Å². The molecule has 1 aromatic heterocycles. The van der Waals surface area contributed by atoms with Gasteiger partial charge in [-0.25, -0.2) is 0 Å². The minimum atomic E-state index is -0.0791. The highest BCUT2D eigenvalue weighted by Crippen LogP contribution is 2.24. The van der Waals surface area contributed by atoms with E-state index in [0.29, 0.717) is 6.54 Å². The molecule has 0 bridgehead atoms. The standard InChI is InChI=1S/C22H31N3O2/c1-18-9-11-19(12-10-18)27-17-22(26)23-16-21(20-8-7-13-24(20)2)25-14-5-3-4-6-15-25/h7-13,21H,3-6,14-17H2,1-2H3,(H,23,26). The topological polar surface area (TPSA) is 46.5 Å². The Kier molecular flexibility index (Phi) is 6.93. The van der Waals surface area contributed by atoms with Crippen LogP contribution in [0.25, 0.3) is 0 Å². The molecule has 2 heterocycles. The Labute approximate surface area is 162 Å². The van der Waals surface area contributed by atoms with Crippen molar-refractivity contribution in [3.05, 3.63) is 53.9 Å². The van der Waals surface area contributed by atoms with Gasteiger partial charge in [-0.05, 0) is 57.1 Å². The number of hydrogen-bond donors (Lipinski definition) is 1. The fraction of sp³-hybridized carbons (Fsp3) is 0.500. The lowest BCUT2D eigenvalue weighted by molar-refractivity contribution is -0.123. The summed E-state index contributed by atoms with van der Waals surface area (Å²) in [5.74, 6) is 0.645. The van der Waals surface area contributed by atoms with Gasteiger partial charge in [0.1, 0.15) is 5.75 Å². The number of amides is 1. The summed E-state index contributed by atoms with van der Waals surface area (Å²) in [5.41, 5.74) is 2.42. The number of aromatic nitrogens is 1. The number of hydrogen-bond acceptors (Lipinski definition) is 3. The van der Waals surface area contributed by atoms with Crippen molar-refractivity contribution in [1.29, 1.82) is 0 Å². The third-order valence-corrected chi connectivity index (χ3v) is 5.29. The minimum Gasteiger partial charge on any atom is -0.484 e. The molecule has 5 nitrogen and oxygen atoms in total. The smallest absolute Gasteiger partial charge is 0.258 e. The number of aryl methyl sites for hydroxylation is 2. The van der Waals surface area contributed by atoms with Crippen LogP contribution < -0.4 is 10.1 Å². The van der Waals surface area contributed by atoms with Crippen LogP contribution in [0, 0.1) is 6.92 Å². The van der Waals surface area contributed by atoms with E-state index >= 15 is 0 Å². The lowest BCUT2D eigenvalue weighted by atomic mass is 10.1. The Bertz CT molecular complexity index is 715. The first-order valence-corrected chi connectivity index (χ1v) is 9.95. The predicted molar refractivity (Wildman–Crippen MR) is 108 cm³/mol. The van der Waals surface area contributed by atoms with Crippen molar-refractivity contribution in [3.63, 3.8) is 0 Å². The third-order valence-electron chi connectivity index (χ3n) is 5.29. The van der Waals surface area contributed by atoms with E-state index in [1.807, 2.05) is 31.2 Å². The summed E-state index contributed by atoms with van der Waals surface area (Å²) in [6.07, 6.45) is 7.12. The van der Waals surface area contributed by atoms with Crippen LogP contribution >= 0.6 is 0 Å². The zero-order chi connectivity index (χ0) is 19.1. The van der Waals surface area contributed by atoms with Crippen molar-refractivity contribution in [1.82, 2.24) is 14.8 Å². The molecule has 3 rings (SSSR count). The molecule has 2 aromatic rings. The average Bonchev–Trinajstić information content (AvgIpc) is 2.92. The van der Waals surface area contributed by atoms with Crippen molar-refractivity contribution in [2.75, 3.05) is 26.2 Å². The summed E-state index contributed by atoms with van der Waals surface area (Å²) in [4.78, 5) is 14.8. The quantitative estimate of drug-likeness (QED) is 0.813. The third kappa shape index (κ3) is 5.60. The van der Waals surface area contributed by atoms with Gasteiger partial charge in [-0.3, -0.25) is 9.69 Å². The van der Waals surface area contributed by atoms with Crippen LogP contribution in [-0.2, 0) is 11.8 Å². The van der Waals surface area contributed by atoms with Crippen LogP contribution in [0.3, 0.4) is 0 Å². The summed E-state index contributed by atoms with van der Waals surface area (Å²) in [5, 5.41) is 3.08. The molecular weight excluding hydrogens is 338 g/mol. The van der Waals surface area contributed by atoms with E-state index in [1.54, 1.807) is 0 Å². The SMILES string of the molecule is Cc1ccc(OCC(=O)NCC(c2cccn2C)N2CCCCCC2)cc1. The molecule has 1 N–H and O–H groups in total. The molecule has 1 aromatic carbocycles. The molecule has 0 saturated carbocycles. The summed E-state index contributed by atoms with van der Waals surface area (Å²) >= 11 is 0. The van der Waals surface area contributed by atoms with E-state index in [2.05, 4.69) is 40.2 Å². The second-order valence-corrected chi connectivity index (χ2v) is 7.42. The number of rotatable bonds is 7. The van der Waals surface area contributed by atoms with Crippen LogP contribution in [0.2, 0.25) is 0 Å². The second kappa shape index (κ2) is 9.60. The molecule has 0 radical (unpaired) electrons. The molecule has 146 valence electrons. The Morgan fingerprint density at radius 3 is 2.44 bits per heavy atom. The van der Waals surface area contributed by atoms with Gasteiger partial charge in [0.25, 0.3) is 5.91 Å². The molecule has 5 heteroatoms. The van der Waals surface area contributed by atoms with Crippen molar-refractivity contribution in [3.8, 4) is 5.75 Å². The lowest BCUT2D eigenvalue weighted by Gasteiger charge is -2.31. The number of carbonyl (C=O) groups excluding carboxylic acids is 1. The van der Waals surface area contributed by atoms with Gasteiger partial charge in [0.05, 0.1) is 6.04 Å². The van der Waals surface area contributed by atoms with Gasteiger partial charge in [-0.1, -0.05) is 30.5 Å². The first-order valence-electron chi connectivity index (χ1n) is 9.95. The van der Waals surface area contributed by atoms with Crippen molar-refractivity contribution >= 4 is 5.91 Å². The van der Waals surface area contributed by atoms with E-state index in [0.717, 1.165) is 18.8 Å². The highest BCUT2D eigenvalue weighted by molar-refractivity contribution is 5.77.